The second-order valence-electron chi connectivity index (χ2n) is 2.82. The number of hydrogen-bond acceptors (Lipinski definition) is 5. The number of rotatable bonds is 5. The van der Waals surface area contributed by atoms with E-state index in [9.17, 15) is 4.79 Å². The Balaban J connectivity index is 2.20. The minimum absolute atomic E-state index is 0.166. The van der Waals surface area contributed by atoms with Gasteiger partial charge in [0.2, 0.25) is 11.8 Å². The maximum absolute atomic E-state index is 11.2. The van der Waals surface area contributed by atoms with Crippen LogP contribution in [-0.4, -0.2) is 29.1 Å². The van der Waals surface area contributed by atoms with Gasteiger partial charge in [-0.15, -0.1) is 6.42 Å². The van der Waals surface area contributed by atoms with Crippen LogP contribution in [-0.2, 0) is 11.3 Å². The lowest BCUT2D eigenvalue weighted by atomic mass is 10.5. The van der Waals surface area contributed by atoms with Crippen LogP contribution in [0.2, 0.25) is 0 Å². The van der Waals surface area contributed by atoms with Crippen molar-refractivity contribution in [2.75, 3.05) is 13.1 Å². The Hall–Kier alpha value is -1.87. The Morgan fingerprint density at radius 1 is 1.67 bits per heavy atom. The highest BCUT2D eigenvalue weighted by atomic mass is 16.5. The van der Waals surface area contributed by atoms with Crippen molar-refractivity contribution >= 4 is 5.91 Å². The van der Waals surface area contributed by atoms with Crippen molar-refractivity contribution in [3.8, 4) is 12.3 Å². The fourth-order valence-electron chi connectivity index (χ4n) is 0.897. The number of aromatic nitrogens is 2. The molecule has 0 atom stereocenters. The van der Waals surface area contributed by atoms with E-state index in [1.165, 1.54) is 0 Å². The molecule has 1 heterocycles. The number of carbonyl (C=O) groups excluding carboxylic acids is 1. The number of carbonyl (C=O) groups is 1. The van der Waals surface area contributed by atoms with Crippen molar-refractivity contribution in [3.05, 3.63) is 11.7 Å². The Labute approximate surface area is 87.4 Å². The molecule has 6 nitrogen and oxygen atoms in total. The fourth-order valence-corrected chi connectivity index (χ4v) is 0.897. The SMILES string of the molecule is C#CCNCC(=O)NCc1nc(C)no1. The van der Waals surface area contributed by atoms with Crippen LogP contribution in [0.3, 0.4) is 0 Å². The summed E-state index contributed by atoms with van der Waals surface area (Å²) >= 11 is 0. The van der Waals surface area contributed by atoms with Gasteiger partial charge < -0.3 is 9.84 Å². The maximum atomic E-state index is 11.2. The van der Waals surface area contributed by atoms with Gasteiger partial charge in [0, 0.05) is 0 Å². The molecule has 1 amide bonds. The Kier molecular flexibility index (Phi) is 4.31. The average Bonchev–Trinajstić information content (AvgIpc) is 2.62. The summed E-state index contributed by atoms with van der Waals surface area (Å²) in [5.74, 6) is 3.14. The van der Waals surface area contributed by atoms with Crippen molar-refractivity contribution < 1.29 is 9.32 Å². The lowest BCUT2D eigenvalue weighted by Gasteiger charge is -2.01. The molecule has 0 saturated heterocycles. The van der Waals surface area contributed by atoms with Crippen LogP contribution in [0.5, 0.6) is 0 Å². The number of aryl methyl sites for hydroxylation is 1. The van der Waals surface area contributed by atoms with Crippen LogP contribution >= 0.6 is 0 Å². The van der Waals surface area contributed by atoms with Crippen LogP contribution in [0.25, 0.3) is 0 Å². The molecule has 15 heavy (non-hydrogen) atoms. The molecule has 80 valence electrons. The lowest BCUT2D eigenvalue weighted by Crippen LogP contribution is -2.33. The molecule has 0 spiro atoms. The van der Waals surface area contributed by atoms with E-state index in [-0.39, 0.29) is 19.0 Å². The van der Waals surface area contributed by atoms with Crippen molar-refractivity contribution in [2.45, 2.75) is 13.5 Å². The molecule has 0 bridgehead atoms. The fraction of sp³-hybridized carbons (Fsp3) is 0.444. The zero-order chi connectivity index (χ0) is 11.1. The molecule has 0 unspecified atom stereocenters. The standard InChI is InChI=1S/C9H12N4O2/c1-3-4-10-5-8(14)11-6-9-12-7(2)13-15-9/h1,10H,4-6H2,2H3,(H,11,14). The molecule has 0 saturated carbocycles. The summed E-state index contributed by atoms with van der Waals surface area (Å²) in [7, 11) is 0. The topological polar surface area (TPSA) is 80.0 Å². The van der Waals surface area contributed by atoms with E-state index >= 15 is 0 Å². The molecule has 0 aliphatic rings. The van der Waals surface area contributed by atoms with Crippen molar-refractivity contribution in [1.29, 1.82) is 0 Å². The van der Waals surface area contributed by atoms with Crippen LogP contribution in [0.1, 0.15) is 11.7 Å². The van der Waals surface area contributed by atoms with Gasteiger partial charge >= 0.3 is 0 Å². The summed E-state index contributed by atoms with van der Waals surface area (Å²) in [4.78, 5) is 15.1. The first-order valence-corrected chi connectivity index (χ1v) is 4.42. The highest BCUT2D eigenvalue weighted by Crippen LogP contribution is 1.93. The zero-order valence-corrected chi connectivity index (χ0v) is 8.41. The summed E-state index contributed by atoms with van der Waals surface area (Å²) in [6, 6.07) is 0. The molecular weight excluding hydrogens is 196 g/mol. The lowest BCUT2D eigenvalue weighted by molar-refractivity contribution is -0.120. The second kappa shape index (κ2) is 5.78. The van der Waals surface area contributed by atoms with Crippen molar-refractivity contribution in [3.63, 3.8) is 0 Å². The van der Waals surface area contributed by atoms with Gasteiger partial charge in [0.1, 0.15) is 0 Å². The molecule has 2 N–H and O–H groups in total. The summed E-state index contributed by atoms with van der Waals surface area (Å²) in [5, 5.41) is 8.96. The predicted molar refractivity (Wildman–Crippen MR) is 52.6 cm³/mol. The second-order valence-corrected chi connectivity index (χ2v) is 2.82. The van der Waals surface area contributed by atoms with Crippen molar-refractivity contribution in [2.24, 2.45) is 0 Å². The van der Waals surface area contributed by atoms with Crippen LogP contribution in [0.4, 0.5) is 0 Å². The van der Waals surface area contributed by atoms with E-state index in [0.717, 1.165) is 0 Å². The molecule has 0 radical (unpaired) electrons. The number of amides is 1. The number of hydrogen-bond donors (Lipinski definition) is 2. The highest BCUT2D eigenvalue weighted by molar-refractivity contribution is 5.77. The minimum atomic E-state index is -0.166. The van der Waals surface area contributed by atoms with Crippen LogP contribution in [0.15, 0.2) is 4.52 Å². The smallest absolute Gasteiger partial charge is 0.246 e. The first kappa shape index (κ1) is 11.2. The molecule has 0 aliphatic heterocycles. The number of nitrogens with one attached hydrogen (secondary N) is 2. The van der Waals surface area contributed by atoms with E-state index in [4.69, 9.17) is 10.9 Å². The molecule has 0 aliphatic carbocycles. The third-order valence-electron chi connectivity index (χ3n) is 1.52. The molecule has 1 aromatic rings. The van der Waals surface area contributed by atoms with Gasteiger partial charge in [-0.3, -0.25) is 10.1 Å². The quantitative estimate of drug-likeness (QED) is 0.490. The van der Waals surface area contributed by atoms with E-state index in [0.29, 0.717) is 18.3 Å². The first-order chi connectivity index (χ1) is 7.22. The summed E-state index contributed by atoms with van der Waals surface area (Å²) in [6.07, 6.45) is 5.01. The molecular formula is C9H12N4O2. The van der Waals surface area contributed by atoms with Gasteiger partial charge in [0.05, 0.1) is 19.6 Å². The van der Waals surface area contributed by atoms with E-state index < -0.39 is 0 Å². The largest absolute Gasteiger partial charge is 0.346 e. The number of nitrogens with zero attached hydrogens (tertiary/aromatic N) is 2. The Morgan fingerprint density at radius 3 is 3.07 bits per heavy atom. The number of terminal acetylenes is 1. The molecule has 0 fully saturated rings. The Bertz CT molecular complexity index is 366. The summed E-state index contributed by atoms with van der Waals surface area (Å²) < 4.78 is 4.81. The first-order valence-electron chi connectivity index (χ1n) is 4.42. The molecule has 1 aromatic heterocycles. The highest BCUT2D eigenvalue weighted by Gasteiger charge is 2.04. The van der Waals surface area contributed by atoms with Gasteiger partial charge in [-0.1, -0.05) is 11.1 Å². The van der Waals surface area contributed by atoms with Crippen LogP contribution in [0, 0.1) is 19.3 Å². The minimum Gasteiger partial charge on any atom is -0.346 e. The average molecular weight is 208 g/mol. The summed E-state index contributed by atoms with van der Waals surface area (Å²) in [6.45, 7) is 2.49. The summed E-state index contributed by atoms with van der Waals surface area (Å²) in [5.41, 5.74) is 0. The van der Waals surface area contributed by atoms with E-state index in [1.54, 1.807) is 6.92 Å². The van der Waals surface area contributed by atoms with E-state index in [1.807, 2.05) is 0 Å². The predicted octanol–water partition coefficient (Wildman–Crippen LogP) is -0.783. The van der Waals surface area contributed by atoms with Gasteiger partial charge in [-0.25, -0.2) is 0 Å². The van der Waals surface area contributed by atoms with Gasteiger partial charge in [-0.2, -0.15) is 4.98 Å². The van der Waals surface area contributed by atoms with Crippen LogP contribution < -0.4 is 10.6 Å². The zero-order valence-electron chi connectivity index (χ0n) is 8.41. The van der Waals surface area contributed by atoms with E-state index in [2.05, 4.69) is 26.7 Å². The molecule has 6 heteroatoms. The molecule has 0 aromatic carbocycles. The normalized spacial score (nSPS) is 9.60. The monoisotopic (exact) mass is 208 g/mol. The van der Waals surface area contributed by atoms with Gasteiger partial charge in [0.15, 0.2) is 5.82 Å². The molecule has 1 rings (SSSR count). The van der Waals surface area contributed by atoms with Gasteiger partial charge in [0.25, 0.3) is 0 Å². The van der Waals surface area contributed by atoms with Gasteiger partial charge in [-0.05, 0) is 6.92 Å². The maximum Gasteiger partial charge on any atom is 0.246 e. The Morgan fingerprint density at radius 2 is 2.47 bits per heavy atom. The van der Waals surface area contributed by atoms with Crippen molar-refractivity contribution in [1.82, 2.24) is 20.8 Å². The third-order valence-corrected chi connectivity index (χ3v) is 1.52. The third kappa shape index (κ3) is 4.24.